The normalized spacial score (nSPS) is 11.4. The van der Waals surface area contributed by atoms with E-state index in [4.69, 9.17) is 19.2 Å². The monoisotopic (exact) mass is 226 g/mol. The van der Waals surface area contributed by atoms with Crippen molar-refractivity contribution < 1.29 is 28.8 Å². The van der Waals surface area contributed by atoms with Gasteiger partial charge in [-0.25, -0.2) is 9.36 Å². The number of carbonyl (C=O) groups is 1. The van der Waals surface area contributed by atoms with Gasteiger partial charge in [0.05, 0.1) is 6.61 Å². The van der Waals surface area contributed by atoms with Gasteiger partial charge in [0.25, 0.3) is 0 Å². The second kappa shape index (κ2) is 7.70. The van der Waals surface area contributed by atoms with Crippen LogP contribution in [0.2, 0.25) is 0 Å². The van der Waals surface area contributed by atoms with Crippen molar-refractivity contribution in [2.24, 2.45) is 0 Å². The summed E-state index contributed by atoms with van der Waals surface area (Å²) < 4.78 is 13.6. The lowest BCUT2D eigenvalue weighted by Crippen LogP contribution is -2.04. The van der Waals surface area contributed by atoms with Crippen molar-refractivity contribution in [2.75, 3.05) is 6.61 Å². The molecule has 0 rings (SSSR count). The lowest BCUT2D eigenvalue weighted by Gasteiger charge is -1.98. The zero-order valence-electron chi connectivity index (χ0n) is 8.30. The topological polar surface area (TPSA) is 104 Å². The Bertz CT molecular complexity index is 232. The van der Waals surface area contributed by atoms with E-state index in [9.17, 15) is 4.79 Å². The fraction of sp³-hybridized carbons (Fsp3) is 0.571. The Kier molecular flexibility index (Phi) is 8.68. The van der Waals surface area contributed by atoms with Crippen LogP contribution in [0.15, 0.2) is 11.6 Å². The molecule has 0 aliphatic carbocycles. The fourth-order valence-electron chi connectivity index (χ4n) is 0.363. The van der Waals surface area contributed by atoms with Gasteiger partial charge in [-0.1, -0.05) is 6.08 Å². The zero-order valence-corrected chi connectivity index (χ0v) is 9.19. The third kappa shape index (κ3) is 17.4. The van der Waals surface area contributed by atoms with Gasteiger partial charge in [0, 0.05) is 5.57 Å². The van der Waals surface area contributed by atoms with Crippen molar-refractivity contribution >= 4 is 13.8 Å². The first-order valence-corrected chi connectivity index (χ1v) is 5.37. The first-order valence-electron chi connectivity index (χ1n) is 3.80. The fourth-order valence-corrected chi connectivity index (χ4v) is 0.363. The predicted octanol–water partition coefficient (Wildman–Crippen LogP) is 0.587. The van der Waals surface area contributed by atoms with Gasteiger partial charge in [-0.05, 0) is 20.8 Å². The molecule has 6 nitrogen and oxygen atoms in total. The molecule has 0 aromatic rings. The molecule has 0 radical (unpaired) electrons. The molecule has 7 heteroatoms. The summed E-state index contributed by atoms with van der Waals surface area (Å²) in [6.45, 7) is 5.79. The third-order valence-electron chi connectivity index (χ3n) is 1.03. The number of phosphoric acid groups is 1. The summed E-state index contributed by atoms with van der Waals surface area (Å²) in [5.74, 6) is -0.222. The van der Waals surface area contributed by atoms with Crippen LogP contribution in [0, 0.1) is 0 Å². The molecule has 0 saturated carbocycles. The second-order valence-electron chi connectivity index (χ2n) is 2.21. The van der Waals surface area contributed by atoms with Crippen molar-refractivity contribution in [1.29, 1.82) is 0 Å². The largest absolute Gasteiger partial charge is 0.466 e. The smallest absolute Gasteiger partial charge is 0.463 e. The van der Waals surface area contributed by atoms with Gasteiger partial charge in [0.1, 0.15) is 0 Å². The van der Waals surface area contributed by atoms with E-state index >= 15 is 0 Å². The number of hydrogen-bond acceptors (Lipinski definition) is 3. The molecule has 0 amide bonds. The summed E-state index contributed by atoms with van der Waals surface area (Å²) in [7, 11) is -4.64. The van der Waals surface area contributed by atoms with Crippen molar-refractivity contribution in [1.82, 2.24) is 0 Å². The van der Waals surface area contributed by atoms with E-state index in [1.54, 1.807) is 19.9 Å². The van der Waals surface area contributed by atoms with Gasteiger partial charge >= 0.3 is 13.8 Å². The molecule has 0 saturated heterocycles. The molecule has 84 valence electrons. The summed E-state index contributed by atoms with van der Waals surface area (Å²) >= 11 is 0. The number of carbonyl (C=O) groups excluding carboxylic acids is 1. The van der Waals surface area contributed by atoms with Gasteiger partial charge in [-0.2, -0.15) is 0 Å². The molecular weight excluding hydrogens is 211 g/mol. The molecule has 0 heterocycles. The summed E-state index contributed by atoms with van der Waals surface area (Å²) in [6, 6.07) is 0. The number of hydrogen-bond donors (Lipinski definition) is 3. The Hall–Kier alpha value is -0.680. The molecule has 0 unspecified atom stereocenters. The van der Waals surface area contributed by atoms with E-state index in [-0.39, 0.29) is 5.97 Å². The van der Waals surface area contributed by atoms with Crippen LogP contribution in [0.25, 0.3) is 0 Å². The first kappa shape index (κ1) is 15.8. The highest BCUT2D eigenvalue weighted by Gasteiger charge is 2.00. The van der Waals surface area contributed by atoms with E-state index < -0.39 is 7.82 Å². The average Bonchev–Trinajstić information content (AvgIpc) is 2.00. The van der Waals surface area contributed by atoms with Crippen molar-refractivity contribution in [3.05, 3.63) is 11.6 Å². The van der Waals surface area contributed by atoms with Crippen LogP contribution in [0.1, 0.15) is 20.8 Å². The summed E-state index contributed by atoms with van der Waals surface area (Å²) in [4.78, 5) is 32.2. The Labute approximate surface area is 82.5 Å². The summed E-state index contributed by atoms with van der Waals surface area (Å²) in [5, 5.41) is 0. The van der Waals surface area contributed by atoms with E-state index in [0.29, 0.717) is 12.2 Å². The molecule has 0 aliphatic heterocycles. The quantitative estimate of drug-likeness (QED) is 0.361. The maximum Gasteiger partial charge on any atom is 0.466 e. The van der Waals surface area contributed by atoms with Gasteiger partial charge in [-0.15, -0.1) is 0 Å². The van der Waals surface area contributed by atoms with Crippen LogP contribution in [0.3, 0.4) is 0 Å². The number of esters is 1. The summed E-state index contributed by atoms with van der Waals surface area (Å²) in [6.07, 6.45) is 1.73. The molecule has 0 spiro atoms. The van der Waals surface area contributed by atoms with Crippen molar-refractivity contribution in [3.63, 3.8) is 0 Å². The predicted molar refractivity (Wildman–Crippen MR) is 50.3 cm³/mol. The number of rotatable bonds is 2. The minimum Gasteiger partial charge on any atom is -0.463 e. The maximum atomic E-state index is 10.7. The van der Waals surface area contributed by atoms with Crippen LogP contribution < -0.4 is 0 Å². The highest BCUT2D eigenvalue weighted by molar-refractivity contribution is 7.45. The molecule has 3 N–H and O–H groups in total. The molecule has 0 fully saturated rings. The van der Waals surface area contributed by atoms with Gasteiger partial charge in [0.2, 0.25) is 0 Å². The van der Waals surface area contributed by atoms with Crippen molar-refractivity contribution in [2.45, 2.75) is 20.8 Å². The van der Waals surface area contributed by atoms with Crippen LogP contribution in [0.4, 0.5) is 0 Å². The van der Waals surface area contributed by atoms with Crippen LogP contribution >= 0.6 is 7.82 Å². The van der Waals surface area contributed by atoms with Gasteiger partial charge < -0.3 is 19.4 Å². The Morgan fingerprint density at radius 2 is 1.79 bits per heavy atom. The lowest BCUT2D eigenvalue weighted by atomic mass is 10.3. The second-order valence-corrected chi connectivity index (χ2v) is 3.23. The molecule has 0 aliphatic rings. The van der Waals surface area contributed by atoms with E-state index in [1.165, 1.54) is 0 Å². The van der Waals surface area contributed by atoms with Crippen molar-refractivity contribution in [3.8, 4) is 0 Å². The molecule has 0 bridgehead atoms. The molecule has 0 aromatic carbocycles. The molecule has 0 atom stereocenters. The Morgan fingerprint density at radius 1 is 1.43 bits per heavy atom. The van der Waals surface area contributed by atoms with Crippen LogP contribution in [-0.2, 0) is 14.1 Å². The average molecular weight is 226 g/mol. The minimum absolute atomic E-state index is 0.222. The molecule has 14 heavy (non-hydrogen) atoms. The molecule has 0 aromatic heterocycles. The standard InChI is InChI=1S/C7H12O2.H3O4P/c1-4-6(3)7(8)9-5-2;1-5(2,3)4/h4H,5H2,1-3H3;(H3,1,2,3,4). The Balaban J connectivity index is 0. The maximum absolute atomic E-state index is 10.7. The number of ether oxygens (including phenoxy) is 1. The van der Waals surface area contributed by atoms with Crippen LogP contribution in [0.5, 0.6) is 0 Å². The van der Waals surface area contributed by atoms with Gasteiger partial charge in [0.15, 0.2) is 0 Å². The SMILES string of the molecule is CC=C(C)C(=O)OCC.O=P(O)(O)O. The third-order valence-corrected chi connectivity index (χ3v) is 1.03. The van der Waals surface area contributed by atoms with E-state index in [1.807, 2.05) is 6.92 Å². The highest BCUT2D eigenvalue weighted by Crippen LogP contribution is 2.25. The molecular formula is C7H15O6P. The number of allylic oxidation sites excluding steroid dienone is 1. The van der Waals surface area contributed by atoms with Gasteiger partial charge in [-0.3, -0.25) is 0 Å². The van der Waals surface area contributed by atoms with E-state index in [0.717, 1.165) is 0 Å². The minimum atomic E-state index is -4.64. The lowest BCUT2D eigenvalue weighted by molar-refractivity contribution is -0.138. The highest BCUT2D eigenvalue weighted by atomic mass is 31.2. The zero-order chi connectivity index (χ0) is 11.8. The first-order chi connectivity index (χ1) is 6.22. The summed E-state index contributed by atoms with van der Waals surface area (Å²) in [5.41, 5.74) is 0.664. The Morgan fingerprint density at radius 3 is 2.00 bits per heavy atom. The van der Waals surface area contributed by atoms with Crippen LogP contribution in [-0.4, -0.2) is 27.3 Å². The van der Waals surface area contributed by atoms with E-state index in [2.05, 4.69) is 4.74 Å².